The maximum Gasteiger partial charge on any atom is 0.214 e. The van der Waals surface area contributed by atoms with E-state index in [1.165, 1.54) is 17.8 Å². The molecule has 7 heteroatoms. The standard InChI is InChI=1S/C16H14N4O2S/c1-11-7-8-14(21)13(9-11)15(22)10-23-16-17-18-19-20(16)12-5-3-2-4-6-12/h2-9,21H,10H2,1H3. The summed E-state index contributed by atoms with van der Waals surface area (Å²) in [5, 5.41) is 21.9. The number of benzene rings is 2. The molecule has 0 spiro atoms. The van der Waals surface area contributed by atoms with Crippen LogP contribution in [0.3, 0.4) is 0 Å². The number of aromatic nitrogens is 4. The largest absolute Gasteiger partial charge is 0.507 e. The molecule has 3 aromatic rings. The van der Waals surface area contributed by atoms with Crippen LogP contribution in [0.25, 0.3) is 5.69 Å². The number of carbonyl (C=O) groups is 1. The molecule has 0 aliphatic heterocycles. The maximum atomic E-state index is 12.3. The van der Waals surface area contributed by atoms with Gasteiger partial charge in [0.2, 0.25) is 5.16 Å². The first-order chi connectivity index (χ1) is 11.1. The predicted molar refractivity (Wildman–Crippen MR) is 87.1 cm³/mol. The summed E-state index contributed by atoms with van der Waals surface area (Å²) < 4.78 is 1.58. The van der Waals surface area contributed by atoms with Crippen molar-refractivity contribution in [1.29, 1.82) is 0 Å². The smallest absolute Gasteiger partial charge is 0.214 e. The van der Waals surface area contributed by atoms with Crippen molar-refractivity contribution < 1.29 is 9.90 Å². The Morgan fingerprint density at radius 2 is 2.00 bits per heavy atom. The molecule has 0 amide bonds. The van der Waals surface area contributed by atoms with Crippen LogP contribution in [0.5, 0.6) is 5.75 Å². The highest BCUT2D eigenvalue weighted by atomic mass is 32.2. The molecular formula is C16H14N4O2S. The molecule has 0 saturated carbocycles. The molecule has 1 N–H and O–H groups in total. The first-order valence-electron chi connectivity index (χ1n) is 6.94. The first kappa shape index (κ1) is 15.2. The molecule has 1 heterocycles. The van der Waals surface area contributed by atoms with Crippen LogP contribution in [-0.2, 0) is 0 Å². The molecule has 3 rings (SSSR count). The lowest BCUT2D eigenvalue weighted by Crippen LogP contribution is -2.05. The maximum absolute atomic E-state index is 12.3. The zero-order chi connectivity index (χ0) is 16.2. The fourth-order valence-corrected chi connectivity index (χ4v) is 2.86. The van der Waals surface area contributed by atoms with Gasteiger partial charge in [-0.3, -0.25) is 4.79 Å². The van der Waals surface area contributed by atoms with E-state index in [2.05, 4.69) is 15.5 Å². The molecule has 6 nitrogen and oxygen atoms in total. The van der Waals surface area contributed by atoms with Crippen molar-refractivity contribution in [2.75, 3.05) is 5.75 Å². The van der Waals surface area contributed by atoms with Crippen LogP contribution in [0.2, 0.25) is 0 Å². The number of hydrogen-bond donors (Lipinski definition) is 1. The summed E-state index contributed by atoms with van der Waals surface area (Å²) in [7, 11) is 0. The van der Waals surface area contributed by atoms with Crippen LogP contribution in [0.15, 0.2) is 53.7 Å². The molecule has 0 radical (unpaired) electrons. The third-order valence-electron chi connectivity index (χ3n) is 3.23. The minimum atomic E-state index is -0.168. The monoisotopic (exact) mass is 326 g/mol. The lowest BCUT2D eigenvalue weighted by atomic mass is 10.1. The van der Waals surface area contributed by atoms with Crippen LogP contribution in [0, 0.1) is 6.92 Å². The second kappa shape index (κ2) is 6.62. The van der Waals surface area contributed by atoms with Crippen molar-refractivity contribution in [2.45, 2.75) is 12.1 Å². The SMILES string of the molecule is Cc1ccc(O)c(C(=O)CSc2nnnn2-c2ccccc2)c1. The van der Waals surface area contributed by atoms with E-state index in [1.54, 1.807) is 16.8 Å². The van der Waals surface area contributed by atoms with Crippen molar-refractivity contribution in [3.05, 3.63) is 59.7 Å². The molecule has 0 saturated heterocycles. The number of ketones is 1. The van der Waals surface area contributed by atoms with E-state index in [9.17, 15) is 9.90 Å². The summed E-state index contributed by atoms with van der Waals surface area (Å²) in [5.74, 6) is -0.0350. The van der Waals surface area contributed by atoms with Gasteiger partial charge in [0.05, 0.1) is 17.0 Å². The van der Waals surface area contributed by atoms with Crippen molar-refractivity contribution in [1.82, 2.24) is 20.2 Å². The number of Topliss-reactive ketones (excluding diaryl/α,β-unsaturated/α-hetero) is 1. The molecular weight excluding hydrogens is 312 g/mol. The quantitative estimate of drug-likeness (QED) is 0.573. The topological polar surface area (TPSA) is 80.9 Å². The van der Waals surface area contributed by atoms with Gasteiger partial charge >= 0.3 is 0 Å². The van der Waals surface area contributed by atoms with E-state index >= 15 is 0 Å². The molecule has 0 unspecified atom stereocenters. The van der Waals surface area contributed by atoms with Crippen molar-refractivity contribution >= 4 is 17.5 Å². The van der Waals surface area contributed by atoms with Gasteiger partial charge in [-0.15, -0.1) is 5.10 Å². The van der Waals surface area contributed by atoms with E-state index in [1.807, 2.05) is 37.3 Å². The number of aromatic hydroxyl groups is 1. The fraction of sp³-hybridized carbons (Fsp3) is 0.125. The van der Waals surface area contributed by atoms with Crippen molar-refractivity contribution in [3.63, 3.8) is 0 Å². The Hall–Kier alpha value is -2.67. The molecule has 2 aromatic carbocycles. The zero-order valence-electron chi connectivity index (χ0n) is 12.4. The predicted octanol–water partition coefficient (Wildman–Crippen LogP) is 2.65. The second-order valence-corrected chi connectivity index (χ2v) is 5.88. The fourth-order valence-electron chi connectivity index (χ4n) is 2.08. The van der Waals surface area contributed by atoms with Crippen molar-refractivity contribution in [3.8, 4) is 11.4 Å². The van der Waals surface area contributed by atoms with Crippen LogP contribution < -0.4 is 0 Å². The summed E-state index contributed by atoms with van der Waals surface area (Å²) in [6.07, 6.45) is 0. The number of nitrogens with zero attached hydrogens (tertiary/aromatic N) is 4. The van der Waals surface area contributed by atoms with Gasteiger partial charge in [-0.25, -0.2) is 0 Å². The van der Waals surface area contributed by atoms with E-state index in [0.717, 1.165) is 11.3 Å². The minimum Gasteiger partial charge on any atom is -0.507 e. The average Bonchev–Trinajstić information content (AvgIpc) is 3.04. The third kappa shape index (κ3) is 3.40. The van der Waals surface area contributed by atoms with Crippen molar-refractivity contribution in [2.24, 2.45) is 0 Å². The first-order valence-corrected chi connectivity index (χ1v) is 7.93. The van der Waals surface area contributed by atoms with Gasteiger partial charge in [-0.1, -0.05) is 41.6 Å². The molecule has 0 aliphatic carbocycles. The normalized spacial score (nSPS) is 10.7. The number of rotatable bonds is 5. The Balaban J connectivity index is 1.76. The summed E-state index contributed by atoms with van der Waals surface area (Å²) in [6, 6.07) is 14.4. The van der Waals surface area contributed by atoms with Crippen LogP contribution in [0.1, 0.15) is 15.9 Å². The molecule has 0 atom stereocenters. The second-order valence-electron chi connectivity index (χ2n) is 4.94. The van der Waals surface area contributed by atoms with Gasteiger partial charge in [0.15, 0.2) is 5.78 Å². The minimum absolute atomic E-state index is 0.0103. The van der Waals surface area contributed by atoms with Gasteiger partial charge in [-0.05, 0) is 41.6 Å². The van der Waals surface area contributed by atoms with Gasteiger partial charge in [-0.2, -0.15) is 4.68 Å². The molecule has 23 heavy (non-hydrogen) atoms. The Morgan fingerprint density at radius 1 is 1.22 bits per heavy atom. The number of carbonyl (C=O) groups excluding carboxylic acids is 1. The number of phenols is 1. The van der Waals surface area contributed by atoms with Crippen LogP contribution in [0.4, 0.5) is 0 Å². The number of phenolic OH excluding ortho intramolecular Hbond substituents is 1. The van der Waals surface area contributed by atoms with Crippen LogP contribution >= 0.6 is 11.8 Å². The summed E-state index contributed by atoms with van der Waals surface area (Å²) in [5.41, 5.74) is 2.06. The number of tetrazole rings is 1. The molecule has 1 aromatic heterocycles. The van der Waals surface area contributed by atoms with Crippen LogP contribution in [-0.4, -0.2) is 36.8 Å². The van der Waals surface area contributed by atoms with E-state index in [4.69, 9.17) is 0 Å². The number of aryl methyl sites for hydroxylation is 1. The van der Waals surface area contributed by atoms with E-state index in [-0.39, 0.29) is 17.3 Å². The highest BCUT2D eigenvalue weighted by molar-refractivity contribution is 7.99. The van der Waals surface area contributed by atoms with Gasteiger partial charge in [0, 0.05) is 0 Å². The lowest BCUT2D eigenvalue weighted by molar-refractivity contribution is 0.102. The lowest BCUT2D eigenvalue weighted by Gasteiger charge is -2.06. The summed E-state index contributed by atoms with van der Waals surface area (Å²) in [4.78, 5) is 12.3. The summed E-state index contributed by atoms with van der Waals surface area (Å²) >= 11 is 1.23. The number of thioether (sulfide) groups is 1. The van der Waals surface area contributed by atoms with Gasteiger partial charge in [0.1, 0.15) is 5.75 Å². The highest BCUT2D eigenvalue weighted by Crippen LogP contribution is 2.23. The summed E-state index contributed by atoms with van der Waals surface area (Å²) in [6.45, 7) is 1.87. The third-order valence-corrected chi connectivity index (χ3v) is 4.15. The molecule has 0 fully saturated rings. The molecule has 0 aliphatic rings. The molecule has 0 bridgehead atoms. The Morgan fingerprint density at radius 3 is 2.78 bits per heavy atom. The number of para-hydroxylation sites is 1. The average molecular weight is 326 g/mol. The molecule has 116 valence electrons. The van der Waals surface area contributed by atoms with E-state index < -0.39 is 0 Å². The highest BCUT2D eigenvalue weighted by Gasteiger charge is 2.15. The van der Waals surface area contributed by atoms with Gasteiger partial charge < -0.3 is 5.11 Å². The zero-order valence-corrected chi connectivity index (χ0v) is 13.2. The van der Waals surface area contributed by atoms with E-state index in [0.29, 0.717) is 10.7 Å². The Kier molecular flexibility index (Phi) is 4.38. The Labute approximate surface area is 137 Å². The number of hydrogen-bond acceptors (Lipinski definition) is 6. The van der Waals surface area contributed by atoms with Gasteiger partial charge in [0.25, 0.3) is 0 Å². The Bertz CT molecular complexity index is 833.